The number of carbonyl (C=O) groups is 1. The van der Waals surface area contributed by atoms with Crippen molar-refractivity contribution in [2.75, 3.05) is 0 Å². The molecule has 1 unspecified atom stereocenters. The Bertz CT molecular complexity index is 1540. The van der Waals surface area contributed by atoms with Crippen molar-refractivity contribution < 1.29 is 35.2 Å². The third-order valence-electron chi connectivity index (χ3n) is 8.34. The first-order valence-corrected chi connectivity index (χ1v) is 13.8. The molecule has 2 aromatic carbocycles. The summed E-state index contributed by atoms with van der Waals surface area (Å²) >= 11 is 0. The molecule has 2 aliphatic rings. The molecule has 0 amide bonds. The zero-order valence-corrected chi connectivity index (χ0v) is 21.9. The monoisotopic (exact) mass is 568 g/mol. The van der Waals surface area contributed by atoms with Crippen molar-refractivity contribution >= 4 is 15.6 Å². The van der Waals surface area contributed by atoms with Crippen LogP contribution in [-0.4, -0.2) is 40.6 Å². The maximum Gasteiger partial charge on any atom is 0.426 e. The average molecular weight is 569 g/mol. The number of rotatable bonds is 6. The van der Waals surface area contributed by atoms with Gasteiger partial charge in [-0.25, -0.2) is 21.9 Å². The Hall–Kier alpha value is -3.22. The molecule has 1 saturated carbocycles. The van der Waals surface area contributed by atoms with Crippen LogP contribution >= 0.6 is 0 Å². The Kier molecular flexibility index (Phi) is 6.43. The van der Waals surface area contributed by atoms with Crippen LogP contribution in [0.3, 0.4) is 0 Å². The van der Waals surface area contributed by atoms with Crippen LogP contribution in [0.15, 0.2) is 47.4 Å². The Morgan fingerprint density at radius 3 is 2.41 bits per heavy atom. The van der Waals surface area contributed by atoms with Crippen molar-refractivity contribution in [1.29, 1.82) is 0 Å². The van der Waals surface area contributed by atoms with E-state index in [0.717, 1.165) is 36.4 Å². The Morgan fingerprint density at radius 2 is 1.79 bits per heavy atom. The molecule has 1 heterocycles. The first-order chi connectivity index (χ1) is 18.2. The molecule has 39 heavy (non-hydrogen) atoms. The standard InChI is InChI=1S/C26H25F5N4O3S/c1-24(28,26(29,30)31)17-4-10-21-15(13-17)3-9-20-16(14-22(36)23-32-33-34-35(23)2)11-12-25(20,21)39(37,38)19-7-5-18(27)6-8-19/h4-8,10,13,16,20H,3,9,11-12,14H2,1-2H3/t16-,20-,24?,25-/m0/s1. The fraction of sp³-hybridized carbons (Fsp3) is 0.462. The molecule has 0 radical (unpaired) electrons. The number of alkyl halides is 4. The molecule has 4 atom stereocenters. The lowest BCUT2D eigenvalue weighted by Gasteiger charge is -2.42. The minimum atomic E-state index is -5.16. The average Bonchev–Trinajstić information content (AvgIpc) is 3.47. The van der Waals surface area contributed by atoms with Gasteiger partial charge in [0.2, 0.25) is 17.3 Å². The number of tetrazole rings is 1. The Labute approximate surface area is 221 Å². The summed E-state index contributed by atoms with van der Waals surface area (Å²) in [6.07, 6.45) is -4.30. The highest BCUT2D eigenvalue weighted by Gasteiger charge is 2.61. The number of carbonyl (C=O) groups excluding carboxylic acids is 1. The summed E-state index contributed by atoms with van der Waals surface area (Å²) < 4.78 is 97.1. The summed E-state index contributed by atoms with van der Waals surface area (Å²) in [7, 11) is -2.72. The molecular weight excluding hydrogens is 543 g/mol. The minimum Gasteiger partial charge on any atom is -0.291 e. The lowest BCUT2D eigenvalue weighted by molar-refractivity contribution is -0.228. The lowest BCUT2D eigenvalue weighted by Crippen LogP contribution is -2.45. The number of sulfone groups is 1. The van der Waals surface area contributed by atoms with E-state index in [0.29, 0.717) is 24.5 Å². The number of hydrogen-bond acceptors (Lipinski definition) is 6. The van der Waals surface area contributed by atoms with Gasteiger partial charge < -0.3 is 0 Å². The van der Waals surface area contributed by atoms with Crippen molar-refractivity contribution in [3.63, 3.8) is 0 Å². The second kappa shape index (κ2) is 9.17. The van der Waals surface area contributed by atoms with E-state index in [1.165, 1.54) is 17.8 Å². The molecule has 0 bridgehead atoms. The van der Waals surface area contributed by atoms with Crippen LogP contribution in [0.4, 0.5) is 22.0 Å². The second-order valence-electron chi connectivity index (χ2n) is 10.4. The normalized spacial score (nSPS) is 24.6. The van der Waals surface area contributed by atoms with E-state index in [1.807, 2.05) is 0 Å². The quantitative estimate of drug-likeness (QED) is 0.236. The van der Waals surface area contributed by atoms with Crippen LogP contribution in [0.25, 0.3) is 0 Å². The molecule has 0 aliphatic heterocycles. The van der Waals surface area contributed by atoms with Crippen LogP contribution in [-0.2, 0) is 33.7 Å². The van der Waals surface area contributed by atoms with E-state index < -0.39 is 43.7 Å². The minimum absolute atomic E-state index is 0.0242. The molecule has 0 N–H and O–H groups in total. The van der Waals surface area contributed by atoms with Gasteiger partial charge in [-0.1, -0.05) is 18.2 Å². The molecule has 0 saturated heterocycles. The molecule has 5 rings (SSSR count). The molecule has 7 nitrogen and oxygen atoms in total. The van der Waals surface area contributed by atoms with Crippen molar-refractivity contribution in [3.8, 4) is 0 Å². The number of aromatic nitrogens is 4. The number of ketones is 1. The van der Waals surface area contributed by atoms with Crippen LogP contribution in [0, 0.1) is 17.7 Å². The zero-order chi connectivity index (χ0) is 28.4. The van der Waals surface area contributed by atoms with Gasteiger partial charge in [-0.3, -0.25) is 4.79 Å². The topological polar surface area (TPSA) is 94.8 Å². The van der Waals surface area contributed by atoms with Gasteiger partial charge in [0.05, 0.1) is 4.90 Å². The predicted octanol–water partition coefficient (Wildman–Crippen LogP) is 5.01. The number of aryl methyl sites for hydroxylation is 2. The summed E-state index contributed by atoms with van der Waals surface area (Å²) in [4.78, 5) is 12.9. The van der Waals surface area contributed by atoms with E-state index in [2.05, 4.69) is 15.5 Å². The van der Waals surface area contributed by atoms with Crippen LogP contribution in [0.2, 0.25) is 0 Å². The maximum atomic E-state index is 14.8. The number of benzene rings is 2. The summed E-state index contributed by atoms with van der Waals surface area (Å²) in [6, 6.07) is 7.74. The fourth-order valence-electron chi connectivity index (χ4n) is 6.29. The van der Waals surface area contributed by atoms with E-state index in [9.17, 15) is 35.2 Å². The van der Waals surface area contributed by atoms with E-state index in [4.69, 9.17) is 0 Å². The highest BCUT2D eigenvalue weighted by Crippen LogP contribution is 2.60. The first-order valence-electron chi connectivity index (χ1n) is 12.4. The van der Waals surface area contributed by atoms with Crippen molar-refractivity contribution in [2.45, 2.75) is 60.5 Å². The van der Waals surface area contributed by atoms with Crippen LogP contribution < -0.4 is 0 Å². The van der Waals surface area contributed by atoms with E-state index >= 15 is 0 Å². The number of hydrogen-bond donors (Lipinski definition) is 0. The number of halogens is 5. The molecule has 13 heteroatoms. The zero-order valence-electron chi connectivity index (χ0n) is 21.0. The van der Waals surface area contributed by atoms with Gasteiger partial charge in [-0.15, -0.1) is 5.10 Å². The maximum absolute atomic E-state index is 14.8. The third-order valence-corrected chi connectivity index (χ3v) is 10.9. The number of Topliss-reactive ketones (excluding diaryl/α,β-unsaturated/α-hetero) is 1. The van der Waals surface area contributed by atoms with Gasteiger partial charge in [0.25, 0.3) is 0 Å². The van der Waals surface area contributed by atoms with Gasteiger partial charge in [-0.2, -0.15) is 13.2 Å². The van der Waals surface area contributed by atoms with Crippen LogP contribution in [0.1, 0.15) is 59.9 Å². The summed E-state index contributed by atoms with van der Waals surface area (Å²) in [5.74, 6) is -1.92. The first kappa shape index (κ1) is 27.4. The Morgan fingerprint density at radius 1 is 1.10 bits per heavy atom. The van der Waals surface area contributed by atoms with Crippen LogP contribution in [0.5, 0.6) is 0 Å². The SMILES string of the molecule is Cn1nnnc1C(=O)C[C@@H]1CC[C@@]2(S(=O)(=O)c3ccc(F)cc3)c3ccc(C(C)(F)C(F)(F)F)cc3CC[C@@H]12. The second-order valence-corrected chi connectivity index (χ2v) is 12.6. The molecule has 2 aliphatic carbocycles. The lowest BCUT2D eigenvalue weighted by atomic mass is 9.72. The Balaban J connectivity index is 1.63. The van der Waals surface area contributed by atoms with E-state index in [1.54, 1.807) is 0 Å². The van der Waals surface area contributed by atoms with Gasteiger partial charge in [-0.05, 0) is 95.8 Å². The third kappa shape index (κ3) is 4.16. The highest BCUT2D eigenvalue weighted by molar-refractivity contribution is 7.92. The van der Waals surface area contributed by atoms with Gasteiger partial charge in [0, 0.05) is 13.5 Å². The van der Waals surface area contributed by atoms with Crippen molar-refractivity contribution in [1.82, 2.24) is 20.2 Å². The smallest absolute Gasteiger partial charge is 0.291 e. The fourth-order valence-corrected chi connectivity index (χ4v) is 8.79. The molecule has 0 spiro atoms. The van der Waals surface area contributed by atoms with E-state index in [-0.39, 0.29) is 48.1 Å². The summed E-state index contributed by atoms with van der Waals surface area (Å²) in [5, 5.41) is 10.9. The van der Waals surface area contributed by atoms with Gasteiger partial charge in [0.15, 0.2) is 9.84 Å². The van der Waals surface area contributed by atoms with Crippen molar-refractivity contribution in [2.24, 2.45) is 18.9 Å². The summed E-state index contributed by atoms with van der Waals surface area (Å²) in [5.41, 5.74) is -3.63. The largest absolute Gasteiger partial charge is 0.426 e. The van der Waals surface area contributed by atoms with Gasteiger partial charge in [0.1, 0.15) is 10.6 Å². The number of nitrogens with zero attached hydrogens (tertiary/aromatic N) is 4. The molecular formula is C26H25F5N4O3S. The molecule has 1 aromatic heterocycles. The molecule has 1 fully saturated rings. The predicted molar refractivity (Wildman–Crippen MR) is 129 cm³/mol. The molecule has 208 valence electrons. The highest BCUT2D eigenvalue weighted by atomic mass is 32.2. The summed E-state index contributed by atoms with van der Waals surface area (Å²) in [6.45, 7) is 0.434. The van der Waals surface area contributed by atoms with Gasteiger partial charge >= 0.3 is 6.18 Å². The molecule has 3 aromatic rings. The van der Waals surface area contributed by atoms with Crippen molar-refractivity contribution in [3.05, 3.63) is 70.8 Å². The number of fused-ring (bicyclic) bond motifs is 3.